The average Bonchev–Trinajstić information content (AvgIpc) is 3.53. The van der Waals surface area contributed by atoms with Crippen molar-refractivity contribution in [1.82, 2.24) is 19.7 Å². The Bertz CT molecular complexity index is 2030. The number of carbonyl (C=O) groups excluding carboxylic acids is 1. The number of nitrogens with one attached hydrogen (secondary N) is 1. The van der Waals surface area contributed by atoms with Gasteiger partial charge < -0.3 is 24.9 Å². The molecule has 1 aliphatic heterocycles. The molecule has 4 heterocycles. The zero-order valence-corrected chi connectivity index (χ0v) is 25.9. The molecular formula is C33H34N6O5S. The van der Waals surface area contributed by atoms with E-state index in [1.165, 1.54) is 22.5 Å². The van der Waals surface area contributed by atoms with Crippen molar-refractivity contribution >= 4 is 32.5 Å². The first kappa shape index (κ1) is 30.1. The summed E-state index contributed by atoms with van der Waals surface area (Å²) in [6.45, 7) is 1.76. The second kappa shape index (κ2) is 12.2. The van der Waals surface area contributed by atoms with Gasteiger partial charge in [0.15, 0.2) is 21.3 Å². The highest BCUT2D eigenvalue weighted by atomic mass is 32.2. The summed E-state index contributed by atoms with van der Waals surface area (Å²) >= 11 is 0. The Hall–Kier alpha value is -4.97. The fraction of sp³-hybridized carbons (Fsp3) is 0.273. The minimum absolute atomic E-state index is 0.164. The number of hydrogen-bond donors (Lipinski definition) is 2. The summed E-state index contributed by atoms with van der Waals surface area (Å²) in [4.78, 5) is 29.2. The fourth-order valence-corrected chi connectivity index (χ4v) is 6.47. The number of anilines is 1. The zero-order valence-electron chi connectivity index (χ0n) is 25.1. The molecule has 3 aromatic heterocycles. The van der Waals surface area contributed by atoms with Crippen LogP contribution in [0.25, 0.3) is 22.0 Å². The number of primary amides is 1. The van der Waals surface area contributed by atoms with Gasteiger partial charge in [0.05, 0.1) is 4.90 Å². The van der Waals surface area contributed by atoms with E-state index in [2.05, 4.69) is 32.2 Å². The molecule has 12 heteroatoms. The van der Waals surface area contributed by atoms with E-state index >= 15 is 0 Å². The van der Waals surface area contributed by atoms with Gasteiger partial charge in [-0.15, -0.1) is 10.2 Å². The third kappa shape index (κ3) is 6.46. The number of carbonyl (C=O) groups is 1. The zero-order chi connectivity index (χ0) is 31.7. The molecule has 6 rings (SSSR count). The van der Waals surface area contributed by atoms with Gasteiger partial charge in [-0.05, 0) is 85.7 Å². The van der Waals surface area contributed by atoms with Crippen molar-refractivity contribution in [1.29, 1.82) is 0 Å². The van der Waals surface area contributed by atoms with Crippen LogP contribution in [0.5, 0.6) is 11.5 Å². The SMILES string of the molecule is Cn1cc(-c2cc(S(C)(=O)=O)ccc2Oc2ccc(CCC3CCN(c4ccc(C(N)=O)nn4)CC3)cc2)c2cc[nH]c2c1=O. The number of benzene rings is 2. The van der Waals surface area contributed by atoms with Crippen LogP contribution in [0.4, 0.5) is 5.82 Å². The van der Waals surface area contributed by atoms with Crippen molar-refractivity contribution in [2.24, 2.45) is 18.7 Å². The smallest absolute Gasteiger partial charge is 0.274 e. The molecule has 0 saturated carbocycles. The Kier molecular flexibility index (Phi) is 8.15. The number of hydrogen-bond acceptors (Lipinski definition) is 8. The molecule has 1 amide bonds. The number of amides is 1. The highest BCUT2D eigenvalue weighted by Gasteiger charge is 2.21. The number of sulfone groups is 1. The number of ether oxygens (including phenoxy) is 1. The molecule has 0 spiro atoms. The van der Waals surface area contributed by atoms with Gasteiger partial charge in [-0.25, -0.2) is 8.42 Å². The Morgan fingerprint density at radius 1 is 1.02 bits per heavy atom. The molecule has 1 aliphatic rings. The maximum Gasteiger partial charge on any atom is 0.274 e. The minimum atomic E-state index is -3.48. The molecule has 3 N–H and O–H groups in total. The summed E-state index contributed by atoms with van der Waals surface area (Å²) in [5.41, 5.74) is 8.16. The van der Waals surface area contributed by atoms with E-state index in [-0.39, 0.29) is 16.1 Å². The number of fused-ring (bicyclic) bond motifs is 1. The van der Waals surface area contributed by atoms with Crippen LogP contribution >= 0.6 is 0 Å². The monoisotopic (exact) mass is 626 g/mol. The lowest BCUT2D eigenvalue weighted by molar-refractivity contribution is 0.0994. The number of nitrogens with two attached hydrogens (primary N) is 1. The summed E-state index contributed by atoms with van der Waals surface area (Å²) in [6.07, 6.45) is 8.67. The molecule has 0 atom stereocenters. The second-order valence-corrected chi connectivity index (χ2v) is 13.5. The number of H-pyrrole nitrogens is 1. The molecule has 45 heavy (non-hydrogen) atoms. The predicted molar refractivity (Wildman–Crippen MR) is 172 cm³/mol. The van der Waals surface area contributed by atoms with Crippen LogP contribution in [0, 0.1) is 5.92 Å². The molecule has 11 nitrogen and oxygen atoms in total. The summed E-state index contributed by atoms with van der Waals surface area (Å²) in [5.74, 6) is 1.88. The van der Waals surface area contributed by atoms with Gasteiger partial charge in [0.2, 0.25) is 0 Å². The largest absolute Gasteiger partial charge is 0.457 e. The van der Waals surface area contributed by atoms with Crippen molar-refractivity contribution in [3.8, 4) is 22.6 Å². The summed E-state index contributed by atoms with van der Waals surface area (Å²) in [6, 6.07) is 18.0. The van der Waals surface area contributed by atoms with Crippen molar-refractivity contribution in [3.05, 3.63) is 94.7 Å². The predicted octanol–water partition coefficient (Wildman–Crippen LogP) is 4.47. The summed E-state index contributed by atoms with van der Waals surface area (Å²) < 4.78 is 32.6. The number of piperidine rings is 1. The Labute approximate surface area is 260 Å². The lowest BCUT2D eigenvalue weighted by Crippen LogP contribution is -2.34. The number of aromatic amines is 1. The quantitative estimate of drug-likeness (QED) is 0.243. The van der Waals surface area contributed by atoms with Crippen LogP contribution in [-0.2, 0) is 23.3 Å². The second-order valence-electron chi connectivity index (χ2n) is 11.5. The van der Waals surface area contributed by atoms with E-state index in [1.807, 2.05) is 12.1 Å². The maximum atomic E-state index is 12.6. The van der Waals surface area contributed by atoms with E-state index in [0.29, 0.717) is 39.4 Å². The van der Waals surface area contributed by atoms with Gasteiger partial charge in [0, 0.05) is 55.3 Å². The van der Waals surface area contributed by atoms with Crippen molar-refractivity contribution in [2.75, 3.05) is 24.2 Å². The lowest BCUT2D eigenvalue weighted by atomic mass is 9.90. The molecule has 1 saturated heterocycles. The highest BCUT2D eigenvalue weighted by Crippen LogP contribution is 2.38. The molecule has 232 valence electrons. The Morgan fingerprint density at radius 3 is 2.44 bits per heavy atom. The lowest BCUT2D eigenvalue weighted by Gasteiger charge is -2.32. The molecule has 0 bridgehead atoms. The number of pyridine rings is 1. The number of aromatic nitrogens is 4. The minimum Gasteiger partial charge on any atom is -0.457 e. The number of aryl methyl sites for hydroxylation is 2. The van der Waals surface area contributed by atoms with Gasteiger partial charge in [-0.1, -0.05) is 12.1 Å². The van der Waals surface area contributed by atoms with E-state index in [0.717, 1.165) is 44.6 Å². The summed E-state index contributed by atoms with van der Waals surface area (Å²) in [7, 11) is -1.82. The standard InChI is InChI=1S/C33H34N6O5S/c1-38-20-27(25-13-16-35-31(25)33(38)41)26-19-24(45(2,42)43)9-11-29(26)44-23-7-5-21(6-8-23)3-4-22-14-17-39(18-15-22)30-12-10-28(32(34)40)36-37-30/h5-13,16,19-20,22,35H,3-4,14-15,17-18H2,1-2H3,(H2,34,40). The van der Waals surface area contributed by atoms with Crippen LogP contribution in [0.2, 0.25) is 0 Å². The first-order chi connectivity index (χ1) is 21.6. The fourth-order valence-electron chi connectivity index (χ4n) is 5.82. The maximum absolute atomic E-state index is 12.6. The van der Waals surface area contributed by atoms with Crippen LogP contribution in [0.3, 0.4) is 0 Å². The van der Waals surface area contributed by atoms with E-state index in [1.54, 1.807) is 49.8 Å². The molecule has 0 unspecified atom stereocenters. The van der Waals surface area contributed by atoms with E-state index in [9.17, 15) is 18.0 Å². The molecule has 2 aromatic carbocycles. The van der Waals surface area contributed by atoms with Crippen LogP contribution in [0.15, 0.2) is 82.7 Å². The number of rotatable bonds is 9. The number of nitrogens with zero attached hydrogens (tertiary/aromatic N) is 4. The van der Waals surface area contributed by atoms with Gasteiger partial charge in [-0.3, -0.25) is 9.59 Å². The van der Waals surface area contributed by atoms with Crippen molar-refractivity contribution in [3.63, 3.8) is 0 Å². The normalized spacial score (nSPS) is 14.1. The van der Waals surface area contributed by atoms with E-state index in [4.69, 9.17) is 10.5 Å². The van der Waals surface area contributed by atoms with E-state index < -0.39 is 15.7 Å². The topological polar surface area (TPSA) is 153 Å². The van der Waals surface area contributed by atoms with Crippen LogP contribution in [-0.4, -0.2) is 53.4 Å². The average molecular weight is 627 g/mol. The first-order valence-electron chi connectivity index (χ1n) is 14.7. The van der Waals surface area contributed by atoms with Gasteiger partial charge in [0.1, 0.15) is 17.0 Å². The Morgan fingerprint density at radius 2 is 1.78 bits per heavy atom. The van der Waals surface area contributed by atoms with Gasteiger partial charge in [-0.2, -0.15) is 0 Å². The molecular weight excluding hydrogens is 592 g/mol. The van der Waals surface area contributed by atoms with Crippen LogP contribution in [0.1, 0.15) is 35.3 Å². The highest BCUT2D eigenvalue weighted by molar-refractivity contribution is 7.90. The first-order valence-corrected chi connectivity index (χ1v) is 16.6. The third-order valence-corrected chi connectivity index (χ3v) is 9.51. The Balaban J connectivity index is 1.13. The van der Waals surface area contributed by atoms with Crippen LogP contribution < -0.4 is 20.9 Å². The van der Waals surface area contributed by atoms with Crippen molar-refractivity contribution < 1.29 is 17.9 Å². The molecule has 0 aliphatic carbocycles. The molecule has 0 radical (unpaired) electrons. The van der Waals surface area contributed by atoms with Gasteiger partial charge in [0.25, 0.3) is 11.5 Å². The molecule has 5 aromatic rings. The third-order valence-electron chi connectivity index (χ3n) is 8.40. The van der Waals surface area contributed by atoms with Gasteiger partial charge >= 0.3 is 0 Å². The molecule has 1 fully saturated rings. The van der Waals surface area contributed by atoms with Crippen molar-refractivity contribution in [2.45, 2.75) is 30.6 Å². The summed E-state index contributed by atoms with van der Waals surface area (Å²) in [5, 5.41) is 8.76.